The van der Waals surface area contributed by atoms with Gasteiger partial charge in [0.2, 0.25) is 6.29 Å². The van der Waals surface area contributed by atoms with E-state index in [1.807, 2.05) is 0 Å². The summed E-state index contributed by atoms with van der Waals surface area (Å²) in [6, 6.07) is 0. The van der Waals surface area contributed by atoms with Gasteiger partial charge in [-0.3, -0.25) is 4.79 Å². The van der Waals surface area contributed by atoms with Crippen molar-refractivity contribution in [3.05, 3.63) is 0 Å². The largest absolute Gasteiger partial charge is 0.480 e. The molecule has 7 heteroatoms. The van der Waals surface area contributed by atoms with Crippen molar-refractivity contribution in [2.24, 2.45) is 5.92 Å². The highest BCUT2D eigenvalue weighted by molar-refractivity contribution is 5.84. The molecule has 0 saturated heterocycles. The van der Waals surface area contributed by atoms with Crippen molar-refractivity contribution < 1.29 is 29.0 Å². The van der Waals surface area contributed by atoms with Gasteiger partial charge >= 0.3 is 18.0 Å². The summed E-state index contributed by atoms with van der Waals surface area (Å²) in [7, 11) is 0. The predicted molar refractivity (Wildman–Crippen MR) is 73.5 cm³/mol. The van der Waals surface area contributed by atoms with E-state index in [0.717, 1.165) is 25.7 Å². The standard InChI is InChI=1S/C14H23NO6/c1-9(16)20-10(2)21-13(19)15-14(3,12(17)18)8-11-6-4-5-7-11/h10-11H,4-8H2,1-3H3,(H,15,19)(H,17,18)/t10-,14+/m1/s1. The number of amides is 1. The fourth-order valence-corrected chi connectivity index (χ4v) is 2.65. The molecule has 0 aromatic carbocycles. The molecular formula is C14H23NO6. The number of ether oxygens (including phenoxy) is 2. The van der Waals surface area contributed by atoms with Gasteiger partial charge in [-0.1, -0.05) is 25.7 Å². The highest BCUT2D eigenvalue weighted by atomic mass is 16.7. The molecule has 0 spiro atoms. The highest BCUT2D eigenvalue weighted by Gasteiger charge is 2.38. The van der Waals surface area contributed by atoms with E-state index in [0.29, 0.717) is 6.42 Å². The van der Waals surface area contributed by atoms with Crippen LogP contribution in [0.1, 0.15) is 52.9 Å². The second-order valence-corrected chi connectivity index (χ2v) is 5.70. The fourth-order valence-electron chi connectivity index (χ4n) is 2.65. The number of esters is 1. The smallest absolute Gasteiger partial charge is 0.411 e. The number of hydrogen-bond acceptors (Lipinski definition) is 5. The van der Waals surface area contributed by atoms with Crippen molar-refractivity contribution >= 4 is 18.0 Å². The van der Waals surface area contributed by atoms with Crippen molar-refractivity contribution in [3.8, 4) is 0 Å². The molecule has 0 aromatic rings. The van der Waals surface area contributed by atoms with Crippen LogP contribution in [0.2, 0.25) is 0 Å². The number of nitrogens with one attached hydrogen (secondary N) is 1. The third-order valence-electron chi connectivity index (χ3n) is 3.63. The van der Waals surface area contributed by atoms with Gasteiger partial charge in [0, 0.05) is 13.8 Å². The number of carbonyl (C=O) groups is 3. The Balaban J connectivity index is 2.57. The van der Waals surface area contributed by atoms with Gasteiger partial charge in [-0.25, -0.2) is 9.59 Å². The molecule has 2 atom stereocenters. The zero-order chi connectivity index (χ0) is 16.0. The van der Waals surface area contributed by atoms with Crippen LogP contribution < -0.4 is 5.32 Å². The van der Waals surface area contributed by atoms with Gasteiger partial charge in [0.15, 0.2) is 0 Å². The first-order chi connectivity index (χ1) is 9.73. The van der Waals surface area contributed by atoms with Crippen LogP contribution in [0, 0.1) is 5.92 Å². The number of rotatable bonds is 6. The molecule has 7 nitrogen and oxygen atoms in total. The Hall–Kier alpha value is -1.79. The zero-order valence-electron chi connectivity index (χ0n) is 12.7. The third kappa shape index (κ3) is 5.61. The minimum atomic E-state index is -1.39. The van der Waals surface area contributed by atoms with Crippen molar-refractivity contribution in [2.75, 3.05) is 0 Å². The van der Waals surface area contributed by atoms with Gasteiger partial charge in [0.25, 0.3) is 0 Å². The van der Waals surface area contributed by atoms with Gasteiger partial charge in [0.1, 0.15) is 5.54 Å². The average Bonchev–Trinajstić information content (AvgIpc) is 2.79. The van der Waals surface area contributed by atoms with Crippen LogP contribution in [0.15, 0.2) is 0 Å². The van der Waals surface area contributed by atoms with Gasteiger partial charge in [0.05, 0.1) is 0 Å². The number of carboxylic acids is 1. The number of hydrogen-bond donors (Lipinski definition) is 2. The third-order valence-corrected chi connectivity index (χ3v) is 3.63. The van der Waals surface area contributed by atoms with Crippen LogP contribution in [0.4, 0.5) is 4.79 Å². The van der Waals surface area contributed by atoms with Crippen molar-refractivity contribution in [1.82, 2.24) is 5.32 Å². The molecule has 1 aliphatic carbocycles. The van der Waals surface area contributed by atoms with Crippen molar-refractivity contribution in [1.29, 1.82) is 0 Å². The van der Waals surface area contributed by atoms with E-state index >= 15 is 0 Å². The molecule has 21 heavy (non-hydrogen) atoms. The topological polar surface area (TPSA) is 102 Å². The van der Waals surface area contributed by atoms with E-state index < -0.39 is 29.9 Å². The lowest BCUT2D eigenvalue weighted by molar-refractivity contribution is -0.163. The number of carbonyl (C=O) groups excluding carboxylic acids is 2. The Kier molecular flexibility index (Phi) is 5.99. The van der Waals surface area contributed by atoms with Crippen molar-refractivity contribution in [2.45, 2.75) is 64.7 Å². The molecule has 1 aliphatic rings. The predicted octanol–water partition coefficient (Wildman–Crippen LogP) is 2.05. The molecule has 0 radical (unpaired) electrons. The van der Waals surface area contributed by atoms with E-state index in [9.17, 15) is 19.5 Å². The van der Waals surface area contributed by atoms with E-state index in [1.165, 1.54) is 20.8 Å². The fraction of sp³-hybridized carbons (Fsp3) is 0.786. The summed E-state index contributed by atoms with van der Waals surface area (Å²) in [5.41, 5.74) is -1.39. The minimum absolute atomic E-state index is 0.289. The van der Waals surface area contributed by atoms with E-state index in [2.05, 4.69) is 10.1 Å². The first-order valence-electron chi connectivity index (χ1n) is 7.12. The Morgan fingerprint density at radius 2 is 1.86 bits per heavy atom. The summed E-state index contributed by atoms with van der Waals surface area (Å²) in [4.78, 5) is 33.9. The number of aliphatic carboxylic acids is 1. The van der Waals surface area contributed by atoms with E-state index in [1.54, 1.807) is 0 Å². The number of carboxylic acid groups (broad SMARTS) is 1. The Morgan fingerprint density at radius 1 is 1.29 bits per heavy atom. The summed E-state index contributed by atoms with van der Waals surface area (Å²) in [5, 5.41) is 11.7. The molecule has 2 N–H and O–H groups in total. The molecule has 0 bridgehead atoms. The molecule has 0 aliphatic heterocycles. The first kappa shape index (κ1) is 17.3. The highest BCUT2D eigenvalue weighted by Crippen LogP contribution is 2.32. The maximum absolute atomic E-state index is 11.7. The van der Waals surface area contributed by atoms with Crippen LogP contribution in [0.3, 0.4) is 0 Å². The average molecular weight is 301 g/mol. The second-order valence-electron chi connectivity index (χ2n) is 5.70. The molecule has 1 rings (SSSR count). The lowest BCUT2D eigenvalue weighted by Gasteiger charge is -2.29. The summed E-state index contributed by atoms with van der Waals surface area (Å²) in [6.45, 7) is 4.04. The lowest BCUT2D eigenvalue weighted by Crippen LogP contribution is -2.53. The summed E-state index contributed by atoms with van der Waals surface area (Å²) >= 11 is 0. The van der Waals surface area contributed by atoms with E-state index in [-0.39, 0.29) is 5.92 Å². The summed E-state index contributed by atoms with van der Waals surface area (Å²) in [5.74, 6) is -1.40. The molecule has 0 aromatic heterocycles. The normalized spacial score (nSPS) is 19.4. The Bertz CT molecular complexity index is 404. The molecule has 120 valence electrons. The van der Waals surface area contributed by atoms with Crippen LogP contribution >= 0.6 is 0 Å². The molecule has 1 saturated carbocycles. The van der Waals surface area contributed by atoms with Crippen LogP contribution in [-0.2, 0) is 19.1 Å². The molecular weight excluding hydrogens is 278 g/mol. The minimum Gasteiger partial charge on any atom is -0.480 e. The molecule has 0 heterocycles. The van der Waals surface area contributed by atoms with Crippen LogP contribution in [0.25, 0.3) is 0 Å². The molecule has 1 fully saturated rings. The Morgan fingerprint density at radius 3 is 2.33 bits per heavy atom. The van der Waals surface area contributed by atoms with Crippen LogP contribution in [-0.4, -0.2) is 35.0 Å². The Labute approximate surface area is 124 Å². The SMILES string of the molecule is CC(=O)O[C@@H](C)OC(=O)N[C@@](C)(CC1CCCC1)C(=O)O. The molecule has 1 amide bonds. The second kappa shape index (κ2) is 7.28. The van der Waals surface area contributed by atoms with E-state index in [4.69, 9.17) is 4.74 Å². The van der Waals surface area contributed by atoms with Crippen LogP contribution in [0.5, 0.6) is 0 Å². The maximum atomic E-state index is 11.7. The monoisotopic (exact) mass is 301 g/mol. The summed E-state index contributed by atoms with van der Waals surface area (Å²) < 4.78 is 9.47. The van der Waals surface area contributed by atoms with Gasteiger partial charge in [-0.05, 0) is 19.3 Å². The van der Waals surface area contributed by atoms with Gasteiger partial charge in [-0.2, -0.15) is 0 Å². The first-order valence-corrected chi connectivity index (χ1v) is 7.12. The van der Waals surface area contributed by atoms with Gasteiger partial charge < -0.3 is 19.9 Å². The summed E-state index contributed by atoms with van der Waals surface area (Å²) in [6.07, 6.45) is 2.52. The maximum Gasteiger partial charge on any atom is 0.411 e. The van der Waals surface area contributed by atoms with Gasteiger partial charge in [-0.15, -0.1) is 0 Å². The zero-order valence-corrected chi connectivity index (χ0v) is 12.7. The lowest BCUT2D eigenvalue weighted by atomic mass is 9.88. The quantitative estimate of drug-likeness (QED) is 0.575. The molecule has 0 unspecified atom stereocenters. The number of alkyl carbamates (subject to hydrolysis) is 1. The van der Waals surface area contributed by atoms with Crippen molar-refractivity contribution in [3.63, 3.8) is 0 Å².